The van der Waals surface area contributed by atoms with Crippen LogP contribution in [0.5, 0.6) is 0 Å². The van der Waals surface area contributed by atoms with Crippen LogP contribution in [-0.4, -0.2) is 66.1 Å². The second-order valence-electron chi connectivity index (χ2n) is 6.13. The molecule has 0 aliphatic rings. The van der Waals surface area contributed by atoms with Crippen LogP contribution in [0.25, 0.3) is 0 Å². The molecule has 0 saturated carbocycles. The number of aromatic nitrogens is 2. The molecular formula is C19H24N4O5. The molecule has 2 N–H and O–H groups in total. The van der Waals surface area contributed by atoms with Gasteiger partial charge in [0, 0.05) is 24.9 Å². The number of imidazole rings is 1. The van der Waals surface area contributed by atoms with E-state index in [1.165, 1.54) is 20.5 Å². The Balaban J connectivity index is 2.02. The third-order valence-corrected chi connectivity index (χ3v) is 4.00. The van der Waals surface area contributed by atoms with E-state index >= 15 is 0 Å². The van der Waals surface area contributed by atoms with Gasteiger partial charge in [-0.05, 0) is 5.56 Å². The second kappa shape index (κ2) is 10.8. The number of esters is 2. The molecule has 0 bridgehead atoms. The minimum Gasteiger partial charge on any atom is -0.468 e. The van der Waals surface area contributed by atoms with Crippen molar-refractivity contribution in [1.82, 2.24) is 20.2 Å². The first-order chi connectivity index (χ1) is 13.5. The summed E-state index contributed by atoms with van der Waals surface area (Å²) in [7, 11) is 2.55. The number of rotatable bonds is 10. The SMILES string of the molecule is COC(=O)CN(CC(=O)N[C@@H](Cc1cnc[nH]1)C(=O)OC)Cc1ccccc1. The van der Waals surface area contributed by atoms with Crippen LogP contribution in [0.2, 0.25) is 0 Å². The summed E-state index contributed by atoms with van der Waals surface area (Å²) >= 11 is 0. The lowest BCUT2D eigenvalue weighted by molar-refractivity contribution is -0.146. The van der Waals surface area contributed by atoms with Crippen molar-refractivity contribution in [3.05, 3.63) is 54.1 Å². The molecule has 0 aliphatic heterocycles. The number of carbonyl (C=O) groups is 3. The van der Waals surface area contributed by atoms with E-state index in [0.29, 0.717) is 12.2 Å². The van der Waals surface area contributed by atoms with E-state index < -0.39 is 23.9 Å². The van der Waals surface area contributed by atoms with Crippen molar-refractivity contribution in [3.63, 3.8) is 0 Å². The number of hydrogen-bond acceptors (Lipinski definition) is 7. The van der Waals surface area contributed by atoms with Gasteiger partial charge in [0.25, 0.3) is 0 Å². The van der Waals surface area contributed by atoms with Crippen LogP contribution in [0.4, 0.5) is 0 Å². The fraction of sp³-hybridized carbons (Fsp3) is 0.368. The van der Waals surface area contributed by atoms with E-state index in [0.717, 1.165) is 5.56 Å². The average molecular weight is 388 g/mol. The van der Waals surface area contributed by atoms with Crippen molar-refractivity contribution in [2.24, 2.45) is 0 Å². The Morgan fingerprint density at radius 3 is 2.50 bits per heavy atom. The van der Waals surface area contributed by atoms with Crippen molar-refractivity contribution >= 4 is 17.8 Å². The molecule has 0 spiro atoms. The summed E-state index contributed by atoms with van der Waals surface area (Å²) in [5, 5.41) is 2.66. The molecule has 0 radical (unpaired) electrons. The lowest BCUT2D eigenvalue weighted by atomic mass is 10.1. The minimum atomic E-state index is -0.866. The number of nitrogens with one attached hydrogen (secondary N) is 2. The Morgan fingerprint density at radius 2 is 1.89 bits per heavy atom. The Bertz CT molecular complexity index is 764. The summed E-state index contributed by atoms with van der Waals surface area (Å²) in [6.07, 6.45) is 3.28. The monoisotopic (exact) mass is 388 g/mol. The predicted molar refractivity (Wildman–Crippen MR) is 100.0 cm³/mol. The van der Waals surface area contributed by atoms with E-state index in [4.69, 9.17) is 9.47 Å². The highest BCUT2D eigenvalue weighted by Crippen LogP contribution is 2.05. The fourth-order valence-electron chi connectivity index (χ4n) is 2.65. The van der Waals surface area contributed by atoms with Crippen molar-refractivity contribution < 1.29 is 23.9 Å². The van der Waals surface area contributed by atoms with Gasteiger partial charge in [-0.2, -0.15) is 0 Å². The molecule has 0 fully saturated rings. The van der Waals surface area contributed by atoms with Gasteiger partial charge in [0.15, 0.2) is 0 Å². The highest BCUT2D eigenvalue weighted by atomic mass is 16.5. The largest absolute Gasteiger partial charge is 0.468 e. The Morgan fingerprint density at radius 1 is 1.14 bits per heavy atom. The van der Waals surface area contributed by atoms with Crippen LogP contribution in [-0.2, 0) is 36.8 Å². The highest BCUT2D eigenvalue weighted by Gasteiger charge is 2.24. The van der Waals surface area contributed by atoms with Gasteiger partial charge in [0.1, 0.15) is 6.04 Å². The normalized spacial score (nSPS) is 11.7. The zero-order valence-corrected chi connectivity index (χ0v) is 15.9. The van der Waals surface area contributed by atoms with Crippen LogP contribution in [0.3, 0.4) is 0 Å². The summed E-state index contributed by atoms with van der Waals surface area (Å²) in [6.45, 7) is 0.246. The summed E-state index contributed by atoms with van der Waals surface area (Å²) < 4.78 is 9.48. The number of methoxy groups -OCH3 is 2. The molecule has 2 rings (SSSR count). The van der Waals surface area contributed by atoms with Crippen LogP contribution < -0.4 is 5.32 Å². The number of H-pyrrole nitrogens is 1. The first-order valence-electron chi connectivity index (χ1n) is 8.69. The molecule has 28 heavy (non-hydrogen) atoms. The molecule has 1 aromatic heterocycles. The molecule has 9 nitrogen and oxygen atoms in total. The average Bonchev–Trinajstić information content (AvgIpc) is 3.20. The smallest absolute Gasteiger partial charge is 0.328 e. The molecule has 1 heterocycles. The number of carbonyl (C=O) groups excluding carboxylic acids is 3. The Hall–Kier alpha value is -3.20. The summed E-state index contributed by atoms with van der Waals surface area (Å²) in [5.41, 5.74) is 1.63. The summed E-state index contributed by atoms with van der Waals surface area (Å²) in [4.78, 5) is 44.7. The first kappa shape index (κ1) is 21.1. The highest BCUT2D eigenvalue weighted by molar-refractivity contribution is 5.86. The van der Waals surface area contributed by atoms with E-state index in [-0.39, 0.29) is 19.5 Å². The Labute approximate surface area is 163 Å². The first-order valence-corrected chi connectivity index (χ1v) is 8.69. The van der Waals surface area contributed by atoms with E-state index in [2.05, 4.69) is 15.3 Å². The predicted octanol–water partition coefficient (Wildman–Crippen LogP) is 0.285. The lowest BCUT2D eigenvalue weighted by Crippen LogP contribution is -2.47. The summed E-state index contributed by atoms with van der Waals surface area (Å²) in [5.74, 6) is -1.43. The molecule has 2 aromatic rings. The van der Waals surface area contributed by atoms with Gasteiger partial charge >= 0.3 is 11.9 Å². The van der Waals surface area contributed by atoms with Gasteiger partial charge in [-0.25, -0.2) is 9.78 Å². The van der Waals surface area contributed by atoms with Crippen LogP contribution in [0.15, 0.2) is 42.9 Å². The topological polar surface area (TPSA) is 114 Å². The zero-order chi connectivity index (χ0) is 20.4. The van der Waals surface area contributed by atoms with Crippen LogP contribution in [0.1, 0.15) is 11.3 Å². The molecule has 1 atom stereocenters. The van der Waals surface area contributed by atoms with Gasteiger partial charge in [-0.3, -0.25) is 14.5 Å². The van der Waals surface area contributed by atoms with Crippen LogP contribution in [0, 0.1) is 0 Å². The fourth-order valence-corrected chi connectivity index (χ4v) is 2.65. The van der Waals surface area contributed by atoms with Crippen molar-refractivity contribution in [3.8, 4) is 0 Å². The molecule has 150 valence electrons. The Kier molecular flexibility index (Phi) is 8.16. The summed E-state index contributed by atoms with van der Waals surface area (Å²) in [6, 6.07) is 8.58. The minimum absolute atomic E-state index is 0.0533. The van der Waals surface area contributed by atoms with Crippen molar-refractivity contribution in [2.75, 3.05) is 27.3 Å². The van der Waals surface area contributed by atoms with Crippen LogP contribution >= 0.6 is 0 Å². The maximum atomic E-state index is 12.5. The van der Waals surface area contributed by atoms with Gasteiger partial charge in [0.05, 0.1) is 33.6 Å². The molecule has 1 aromatic carbocycles. The molecule has 9 heteroatoms. The van der Waals surface area contributed by atoms with E-state index in [9.17, 15) is 14.4 Å². The quantitative estimate of drug-likeness (QED) is 0.562. The van der Waals surface area contributed by atoms with Gasteiger partial charge in [-0.1, -0.05) is 30.3 Å². The van der Waals surface area contributed by atoms with E-state index in [1.54, 1.807) is 11.1 Å². The van der Waals surface area contributed by atoms with Gasteiger partial charge < -0.3 is 19.8 Å². The maximum Gasteiger partial charge on any atom is 0.328 e. The van der Waals surface area contributed by atoms with E-state index in [1.807, 2.05) is 30.3 Å². The number of amides is 1. The number of nitrogens with zero attached hydrogens (tertiary/aromatic N) is 2. The third-order valence-electron chi connectivity index (χ3n) is 4.00. The third kappa shape index (κ3) is 6.84. The molecule has 1 amide bonds. The molecule has 0 aliphatic carbocycles. The lowest BCUT2D eigenvalue weighted by Gasteiger charge is -2.22. The number of aromatic amines is 1. The molecule has 0 saturated heterocycles. The van der Waals surface area contributed by atoms with Crippen molar-refractivity contribution in [2.45, 2.75) is 19.0 Å². The maximum absolute atomic E-state index is 12.5. The number of ether oxygens (including phenoxy) is 2. The van der Waals surface area contributed by atoms with Gasteiger partial charge in [0.2, 0.25) is 5.91 Å². The second-order valence-corrected chi connectivity index (χ2v) is 6.13. The van der Waals surface area contributed by atoms with Gasteiger partial charge in [-0.15, -0.1) is 0 Å². The number of hydrogen-bond donors (Lipinski definition) is 2. The standard InChI is InChI=1S/C19H24N4O5/c1-27-18(25)12-23(10-14-6-4-3-5-7-14)11-17(24)22-16(19(26)28-2)8-15-9-20-13-21-15/h3-7,9,13,16H,8,10-12H2,1-2H3,(H,20,21)(H,22,24)/t16-/m0/s1. The van der Waals surface area contributed by atoms with Crippen molar-refractivity contribution in [1.29, 1.82) is 0 Å². The number of benzene rings is 1. The molecular weight excluding hydrogens is 364 g/mol. The molecule has 0 unspecified atom stereocenters. The zero-order valence-electron chi connectivity index (χ0n) is 15.9.